The summed E-state index contributed by atoms with van der Waals surface area (Å²) in [4.78, 5) is 18.0. The smallest absolute Gasteiger partial charge is 0.159 e. The summed E-state index contributed by atoms with van der Waals surface area (Å²) in [5, 5.41) is 0. The SMILES string of the molecule is C=C1c2cnccc2-c2ccc(C(C)=O)cc2N1CCOC. The van der Waals surface area contributed by atoms with Gasteiger partial charge in [0, 0.05) is 54.1 Å². The van der Waals surface area contributed by atoms with Gasteiger partial charge in [0.1, 0.15) is 0 Å². The summed E-state index contributed by atoms with van der Waals surface area (Å²) in [5.41, 5.74) is 5.78. The molecule has 0 N–H and O–H groups in total. The Morgan fingerprint density at radius 3 is 2.82 bits per heavy atom. The van der Waals surface area contributed by atoms with Crippen LogP contribution >= 0.6 is 0 Å². The molecule has 0 fully saturated rings. The molecule has 4 heteroatoms. The molecule has 0 saturated carbocycles. The van der Waals surface area contributed by atoms with Crippen LogP contribution in [0.4, 0.5) is 5.69 Å². The summed E-state index contributed by atoms with van der Waals surface area (Å²) in [5.74, 6) is 0.0561. The van der Waals surface area contributed by atoms with E-state index in [9.17, 15) is 4.79 Å². The second kappa shape index (κ2) is 5.73. The number of hydrogen-bond acceptors (Lipinski definition) is 4. The van der Waals surface area contributed by atoms with Gasteiger partial charge in [-0.3, -0.25) is 9.78 Å². The quantitative estimate of drug-likeness (QED) is 0.811. The van der Waals surface area contributed by atoms with Gasteiger partial charge in [-0.05, 0) is 24.6 Å². The first-order valence-corrected chi connectivity index (χ1v) is 7.18. The van der Waals surface area contributed by atoms with Crippen LogP contribution in [0.15, 0.2) is 43.2 Å². The average Bonchev–Trinajstić information content (AvgIpc) is 2.54. The zero-order valence-electron chi connectivity index (χ0n) is 12.8. The number of carbonyl (C=O) groups is 1. The van der Waals surface area contributed by atoms with Gasteiger partial charge in [0.15, 0.2) is 5.78 Å². The van der Waals surface area contributed by atoms with E-state index < -0.39 is 0 Å². The minimum absolute atomic E-state index is 0.0561. The van der Waals surface area contributed by atoms with Crippen LogP contribution in [-0.2, 0) is 4.74 Å². The summed E-state index contributed by atoms with van der Waals surface area (Å²) in [6.45, 7) is 7.05. The van der Waals surface area contributed by atoms with Crippen molar-refractivity contribution >= 4 is 17.2 Å². The predicted octanol–water partition coefficient (Wildman–Crippen LogP) is 3.39. The third-order valence-electron chi connectivity index (χ3n) is 3.96. The van der Waals surface area contributed by atoms with Crippen LogP contribution in [0.3, 0.4) is 0 Å². The van der Waals surface area contributed by atoms with E-state index in [0.717, 1.165) is 28.1 Å². The number of Topliss-reactive ketones (excluding diaryl/α,β-unsaturated/α-hetero) is 1. The standard InChI is InChI=1S/C18H18N2O2/c1-12-17-11-19-7-6-15(17)16-5-4-14(13(2)21)10-18(16)20(12)8-9-22-3/h4-7,10-11H,1,8-9H2,2-3H3. The Morgan fingerprint density at radius 2 is 2.09 bits per heavy atom. The molecule has 4 nitrogen and oxygen atoms in total. The first-order valence-electron chi connectivity index (χ1n) is 7.18. The third-order valence-corrected chi connectivity index (χ3v) is 3.96. The molecule has 1 aliphatic heterocycles. The van der Waals surface area contributed by atoms with E-state index in [4.69, 9.17) is 4.74 Å². The normalized spacial score (nSPS) is 12.8. The first-order chi connectivity index (χ1) is 10.6. The number of anilines is 1. The highest BCUT2D eigenvalue weighted by molar-refractivity contribution is 6.02. The number of methoxy groups -OCH3 is 1. The maximum absolute atomic E-state index is 11.7. The summed E-state index contributed by atoms with van der Waals surface area (Å²) < 4.78 is 5.21. The van der Waals surface area contributed by atoms with Crippen LogP contribution in [0.25, 0.3) is 16.8 Å². The highest BCUT2D eigenvalue weighted by Gasteiger charge is 2.25. The van der Waals surface area contributed by atoms with E-state index in [1.807, 2.05) is 30.5 Å². The van der Waals surface area contributed by atoms with Gasteiger partial charge in [-0.15, -0.1) is 0 Å². The number of aromatic nitrogens is 1. The van der Waals surface area contributed by atoms with Crippen molar-refractivity contribution in [1.82, 2.24) is 4.98 Å². The largest absolute Gasteiger partial charge is 0.383 e. The number of fused-ring (bicyclic) bond motifs is 3. The number of ether oxygens (including phenoxy) is 1. The molecule has 0 radical (unpaired) electrons. The van der Waals surface area contributed by atoms with Crippen LogP contribution in [0.2, 0.25) is 0 Å². The van der Waals surface area contributed by atoms with Gasteiger partial charge in [0.25, 0.3) is 0 Å². The molecule has 1 aliphatic rings. The molecule has 0 spiro atoms. The summed E-state index contributed by atoms with van der Waals surface area (Å²) in [6, 6.07) is 7.79. The fourth-order valence-electron chi connectivity index (χ4n) is 2.79. The van der Waals surface area contributed by atoms with Crippen molar-refractivity contribution < 1.29 is 9.53 Å². The van der Waals surface area contributed by atoms with Crippen LogP contribution in [0, 0.1) is 0 Å². The second-order valence-electron chi connectivity index (χ2n) is 5.30. The van der Waals surface area contributed by atoms with Crippen LogP contribution in [-0.4, -0.2) is 31.0 Å². The van der Waals surface area contributed by atoms with E-state index in [2.05, 4.69) is 16.5 Å². The van der Waals surface area contributed by atoms with Crippen molar-refractivity contribution in [3.63, 3.8) is 0 Å². The molecule has 3 rings (SSSR count). The number of hydrogen-bond donors (Lipinski definition) is 0. The van der Waals surface area contributed by atoms with Gasteiger partial charge < -0.3 is 9.64 Å². The van der Waals surface area contributed by atoms with Crippen LogP contribution in [0.5, 0.6) is 0 Å². The molecule has 2 heterocycles. The molecule has 2 aromatic rings. The van der Waals surface area contributed by atoms with Crippen molar-refractivity contribution in [2.45, 2.75) is 6.92 Å². The number of benzene rings is 1. The van der Waals surface area contributed by atoms with Crippen molar-refractivity contribution in [3.05, 3.63) is 54.4 Å². The fraction of sp³-hybridized carbons (Fsp3) is 0.222. The fourth-order valence-corrected chi connectivity index (χ4v) is 2.79. The van der Waals surface area contributed by atoms with Gasteiger partial charge in [-0.2, -0.15) is 0 Å². The van der Waals surface area contributed by atoms with Crippen molar-refractivity contribution in [2.75, 3.05) is 25.2 Å². The van der Waals surface area contributed by atoms with Gasteiger partial charge in [0.2, 0.25) is 0 Å². The lowest BCUT2D eigenvalue weighted by Crippen LogP contribution is -2.28. The first kappa shape index (κ1) is 14.5. The zero-order valence-corrected chi connectivity index (χ0v) is 12.8. The molecular formula is C18H18N2O2. The van der Waals surface area contributed by atoms with E-state index >= 15 is 0 Å². The minimum Gasteiger partial charge on any atom is -0.383 e. The zero-order chi connectivity index (χ0) is 15.7. The molecule has 0 unspecified atom stereocenters. The lowest BCUT2D eigenvalue weighted by molar-refractivity contribution is 0.101. The lowest BCUT2D eigenvalue weighted by atomic mass is 9.91. The summed E-state index contributed by atoms with van der Waals surface area (Å²) in [7, 11) is 1.68. The Hall–Kier alpha value is -2.46. The summed E-state index contributed by atoms with van der Waals surface area (Å²) >= 11 is 0. The van der Waals surface area contributed by atoms with Crippen molar-refractivity contribution in [1.29, 1.82) is 0 Å². The molecule has 0 atom stereocenters. The number of pyridine rings is 1. The Kier molecular flexibility index (Phi) is 3.77. The molecule has 0 amide bonds. The molecule has 1 aromatic carbocycles. The highest BCUT2D eigenvalue weighted by atomic mass is 16.5. The van der Waals surface area contributed by atoms with E-state index in [1.165, 1.54) is 0 Å². The molecule has 1 aromatic heterocycles. The number of rotatable bonds is 4. The highest BCUT2D eigenvalue weighted by Crippen LogP contribution is 2.43. The lowest BCUT2D eigenvalue weighted by Gasteiger charge is -2.34. The molecule has 112 valence electrons. The topological polar surface area (TPSA) is 42.4 Å². The van der Waals surface area contributed by atoms with Gasteiger partial charge in [0.05, 0.1) is 6.61 Å². The molecule has 0 bridgehead atoms. The molecule has 22 heavy (non-hydrogen) atoms. The number of carbonyl (C=O) groups excluding carboxylic acids is 1. The molecule has 0 aliphatic carbocycles. The van der Waals surface area contributed by atoms with Gasteiger partial charge in [-0.25, -0.2) is 0 Å². The predicted molar refractivity (Wildman–Crippen MR) is 87.9 cm³/mol. The molecular weight excluding hydrogens is 276 g/mol. The van der Waals surface area contributed by atoms with E-state index in [0.29, 0.717) is 18.7 Å². The third kappa shape index (κ3) is 2.31. The monoisotopic (exact) mass is 294 g/mol. The molecule has 0 saturated heterocycles. The second-order valence-corrected chi connectivity index (χ2v) is 5.30. The maximum atomic E-state index is 11.7. The Morgan fingerprint density at radius 1 is 1.27 bits per heavy atom. The average molecular weight is 294 g/mol. The van der Waals surface area contributed by atoms with E-state index in [-0.39, 0.29) is 5.78 Å². The Balaban J connectivity index is 2.19. The maximum Gasteiger partial charge on any atom is 0.159 e. The van der Waals surface area contributed by atoms with Gasteiger partial charge in [-0.1, -0.05) is 18.7 Å². The van der Waals surface area contributed by atoms with Crippen molar-refractivity contribution in [2.24, 2.45) is 0 Å². The Bertz CT molecular complexity index is 753. The van der Waals surface area contributed by atoms with Crippen molar-refractivity contribution in [3.8, 4) is 11.1 Å². The minimum atomic E-state index is 0.0561. The van der Waals surface area contributed by atoms with Crippen LogP contribution in [0.1, 0.15) is 22.8 Å². The number of ketones is 1. The number of nitrogens with zero attached hydrogens (tertiary/aromatic N) is 2. The van der Waals surface area contributed by atoms with Crippen LogP contribution < -0.4 is 4.90 Å². The summed E-state index contributed by atoms with van der Waals surface area (Å²) in [6.07, 6.45) is 3.61. The Labute approximate surface area is 130 Å². The van der Waals surface area contributed by atoms with E-state index in [1.54, 1.807) is 20.2 Å². The van der Waals surface area contributed by atoms with Gasteiger partial charge >= 0.3 is 0 Å².